The summed E-state index contributed by atoms with van der Waals surface area (Å²) >= 11 is 4.36. The van der Waals surface area contributed by atoms with Crippen molar-refractivity contribution in [3.05, 3.63) is 68.9 Å². The summed E-state index contributed by atoms with van der Waals surface area (Å²) in [7, 11) is -1.64. The number of rotatable bonds is 7. The minimum Gasteiger partial charge on any atom is -0.325 e. The number of piperazine rings is 1. The predicted molar refractivity (Wildman–Crippen MR) is 145 cm³/mol. The van der Waals surface area contributed by atoms with Gasteiger partial charge in [0.25, 0.3) is 5.56 Å². The van der Waals surface area contributed by atoms with Crippen molar-refractivity contribution in [3.63, 3.8) is 0 Å². The number of aromatic amines is 1. The number of amides is 1. The first-order chi connectivity index (χ1) is 17.7. The second-order valence-corrected chi connectivity index (χ2v) is 12.1. The number of carbonyl (C=O) groups excluding carboxylic acids is 1. The van der Waals surface area contributed by atoms with E-state index in [1.807, 2.05) is 13.1 Å². The Morgan fingerprint density at radius 1 is 1.14 bits per heavy atom. The molecule has 13 heteroatoms. The molecule has 0 unspecified atom stereocenters. The molecule has 1 fully saturated rings. The number of anilines is 1. The molecule has 2 heterocycles. The molecule has 2 N–H and O–H groups in total. The van der Waals surface area contributed by atoms with Crippen LogP contribution in [0.4, 0.5) is 5.69 Å². The van der Waals surface area contributed by atoms with Crippen molar-refractivity contribution in [2.24, 2.45) is 0 Å². The van der Waals surface area contributed by atoms with Gasteiger partial charge in [-0.2, -0.15) is 9.57 Å². The van der Waals surface area contributed by atoms with Crippen molar-refractivity contribution >= 4 is 49.3 Å². The fourth-order valence-electron chi connectivity index (χ4n) is 3.66. The first-order valence-corrected chi connectivity index (χ1v) is 14.4. The zero-order chi connectivity index (χ0) is 26.6. The van der Waals surface area contributed by atoms with Crippen molar-refractivity contribution in [1.29, 1.82) is 5.26 Å². The van der Waals surface area contributed by atoms with Crippen LogP contribution in [0.15, 0.2) is 67.9 Å². The highest BCUT2D eigenvalue weighted by atomic mass is 79.9. The van der Waals surface area contributed by atoms with E-state index in [-0.39, 0.29) is 33.0 Å². The van der Waals surface area contributed by atoms with Crippen LogP contribution in [-0.2, 0) is 14.8 Å². The number of hydrogen-bond donors (Lipinski definition) is 2. The van der Waals surface area contributed by atoms with E-state index in [0.29, 0.717) is 37.4 Å². The largest absolute Gasteiger partial charge is 0.325 e. The summed E-state index contributed by atoms with van der Waals surface area (Å²) in [4.78, 5) is 34.1. The zero-order valence-corrected chi connectivity index (χ0v) is 23.0. The number of halogens is 1. The normalized spacial score (nSPS) is 14.7. The number of hydrogen-bond acceptors (Lipinski definition) is 8. The van der Waals surface area contributed by atoms with Gasteiger partial charge in [0.15, 0.2) is 5.16 Å². The maximum Gasteiger partial charge on any atom is 0.270 e. The number of nitrogens with zero attached hydrogens (tertiary/aromatic N) is 4. The molecule has 192 valence electrons. The SMILES string of the molecule is CN1CCN(S(=O)(=O)c2ccc(NC(=O)CSc3nc(-c4ccc(Br)cc4)c(C#N)c(=O)[nH]3)cc2)CC1. The van der Waals surface area contributed by atoms with E-state index in [1.54, 1.807) is 36.4 Å². The van der Waals surface area contributed by atoms with Gasteiger partial charge in [0.05, 0.1) is 16.3 Å². The van der Waals surface area contributed by atoms with E-state index in [2.05, 4.69) is 36.1 Å². The number of thioether (sulfide) groups is 1. The van der Waals surface area contributed by atoms with Gasteiger partial charge in [0.1, 0.15) is 11.6 Å². The number of H-pyrrole nitrogens is 1. The van der Waals surface area contributed by atoms with E-state index < -0.39 is 15.6 Å². The van der Waals surface area contributed by atoms with Crippen molar-refractivity contribution in [2.75, 3.05) is 44.3 Å². The summed E-state index contributed by atoms with van der Waals surface area (Å²) in [5, 5.41) is 12.3. The van der Waals surface area contributed by atoms with Crippen LogP contribution in [0.5, 0.6) is 0 Å². The lowest BCUT2D eigenvalue weighted by Crippen LogP contribution is -2.46. The van der Waals surface area contributed by atoms with Crippen molar-refractivity contribution < 1.29 is 13.2 Å². The minimum absolute atomic E-state index is 0.0596. The summed E-state index contributed by atoms with van der Waals surface area (Å²) < 4.78 is 28.0. The molecule has 0 spiro atoms. The van der Waals surface area contributed by atoms with Crippen LogP contribution in [0.3, 0.4) is 0 Å². The molecule has 10 nitrogen and oxygen atoms in total. The standard InChI is InChI=1S/C24H23BrN6O4S2/c1-30-10-12-31(13-11-30)37(34,35)19-8-6-18(7-9-19)27-21(32)15-36-24-28-22(20(14-26)23(33)29-24)16-2-4-17(25)5-3-16/h2-9H,10-13,15H2,1H3,(H,27,32)(H,28,29,33). The number of likely N-dealkylation sites (N-methyl/N-ethyl adjacent to an activating group) is 1. The second-order valence-electron chi connectivity index (χ2n) is 8.28. The van der Waals surface area contributed by atoms with Crippen molar-refractivity contribution in [1.82, 2.24) is 19.2 Å². The average molecular weight is 604 g/mol. The molecule has 0 radical (unpaired) electrons. The smallest absolute Gasteiger partial charge is 0.270 e. The Labute approximate surface area is 226 Å². The van der Waals surface area contributed by atoms with Gasteiger partial charge >= 0.3 is 0 Å². The lowest BCUT2D eigenvalue weighted by atomic mass is 10.1. The zero-order valence-electron chi connectivity index (χ0n) is 19.8. The molecule has 1 aromatic heterocycles. The molecule has 0 atom stereocenters. The first kappa shape index (κ1) is 27.0. The Hall–Kier alpha value is -3.02. The van der Waals surface area contributed by atoms with Gasteiger partial charge in [-0.25, -0.2) is 13.4 Å². The number of sulfonamides is 1. The number of aromatic nitrogens is 2. The fourth-order valence-corrected chi connectivity index (χ4v) is 6.01. The second kappa shape index (κ2) is 11.6. The maximum atomic E-state index is 12.9. The molecule has 4 rings (SSSR count). The highest BCUT2D eigenvalue weighted by Crippen LogP contribution is 2.24. The first-order valence-electron chi connectivity index (χ1n) is 11.2. The summed E-state index contributed by atoms with van der Waals surface area (Å²) in [5.41, 5.74) is 0.584. The summed E-state index contributed by atoms with van der Waals surface area (Å²) in [5.74, 6) is -0.424. The third-order valence-corrected chi connectivity index (χ3v) is 9.02. The monoisotopic (exact) mass is 602 g/mol. The van der Waals surface area contributed by atoms with Crippen LogP contribution in [0.1, 0.15) is 5.56 Å². The van der Waals surface area contributed by atoms with Crippen LogP contribution >= 0.6 is 27.7 Å². The molecule has 3 aromatic rings. The Morgan fingerprint density at radius 2 is 1.78 bits per heavy atom. The van der Waals surface area contributed by atoms with Gasteiger partial charge < -0.3 is 15.2 Å². The molecule has 0 saturated carbocycles. The quantitative estimate of drug-likeness (QED) is 0.311. The van der Waals surface area contributed by atoms with Crippen LogP contribution in [0, 0.1) is 11.3 Å². The van der Waals surface area contributed by atoms with Crippen LogP contribution in [0.25, 0.3) is 11.3 Å². The fraction of sp³-hybridized carbons (Fsp3) is 0.250. The molecule has 0 aliphatic carbocycles. The Kier molecular flexibility index (Phi) is 8.46. The van der Waals surface area contributed by atoms with Gasteiger partial charge in [-0.3, -0.25) is 9.59 Å². The van der Waals surface area contributed by atoms with Crippen LogP contribution < -0.4 is 10.9 Å². The highest BCUT2D eigenvalue weighted by Gasteiger charge is 2.27. The Balaban J connectivity index is 1.41. The maximum absolute atomic E-state index is 12.9. The number of carbonyl (C=O) groups is 1. The summed E-state index contributed by atoms with van der Waals surface area (Å²) in [6, 6.07) is 14.9. The molecule has 1 saturated heterocycles. The average Bonchev–Trinajstić information content (AvgIpc) is 2.88. The van der Waals surface area contributed by atoms with Gasteiger partial charge in [0.2, 0.25) is 15.9 Å². The molecule has 0 bridgehead atoms. The van der Waals surface area contributed by atoms with E-state index in [9.17, 15) is 23.3 Å². The molecule has 2 aromatic carbocycles. The third-order valence-electron chi connectivity index (χ3n) is 5.71. The number of nitrogens with one attached hydrogen (secondary N) is 2. The van der Waals surface area contributed by atoms with Crippen molar-refractivity contribution in [3.8, 4) is 17.3 Å². The number of benzene rings is 2. The molecular weight excluding hydrogens is 580 g/mol. The molecular formula is C24H23BrN6O4S2. The van der Waals surface area contributed by atoms with Gasteiger partial charge in [-0.05, 0) is 43.4 Å². The molecule has 1 amide bonds. The van der Waals surface area contributed by atoms with Gasteiger partial charge in [-0.1, -0.05) is 39.8 Å². The topological polar surface area (TPSA) is 139 Å². The minimum atomic E-state index is -3.59. The summed E-state index contributed by atoms with van der Waals surface area (Å²) in [6.45, 7) is 2.22. The molecule has 1 aliphatic rings. The van der Waals surface area contributed by atoms with Crippen LogP contribution in [0.2, 0.25) is 0 Å². The Morgan fingerprint density at radius 3 is 2.41 bits per heavy atom. The predicted octanol–water partition coefficient (Wildman–Crippen LogP) is 2.74. The van der Waals surface area contributed by atoms with Gasteiger partial charge in [-0.15, -0.1) is 0 Å². The lowest BCUT2D eigenvalue weighted by molar-refractivity contribution is -0.113. The number of nitriles is 1. The van der Waals surface area contributed by atoms with Crippen LogP contribution in [-0.4, -0.2) is 72.5 Å². The van der Waals surface area contributed by atoms with E-state index in [1.165, 1.54) is 16.4 Å². The van der Waals surface area contributed by atoms with Gasteiger partial charge in [0, 0.05) is 41.9 Å². The van der Waals surface area contributed by atoms with E-state index >= 15 is 0 Å². The Bertz CT molecular complexity index is 1490. The summed E-state index contributed by atoms with van der Waals surface area (Å²) in [6.07, 6.45) is 0. The third kappa shape index (κ3) is 6.46. The van der Waals surface area contributed by atoms with Crippen molar-refractivity contribution in [2.45, 2.75) is 10.1 Å². The molecule has 1 aliphatic heterocycles. The van der Waals surface area contributed by atoms with E-state index in [0.717, 1.165) is 16.2 Å². The highest BCUT2D eigenvalue weighted by molar-refractivity contribution is 9.10. The molecule has 37 heavy (non-hydrogen) atoms. The lowest BCUT2D eigenvalue weighted by Gasteiger charge is -2.31. The van der Waals surface area contributed by atoms with E-state index in [4.69, 9.17) is 0 Å².